The third-order valence-corrected chi connectivity index (χ3v) is 12.0. The van der Waals surface area contributed by atoms with Crippen LogP contribution in [0.2, 0.25) is 0 Å². The molecule has 0 radical (unpaired) electrons. The van der Waals surface area contributed by atoms with E-state index < -0.39 is 42.4 Å². The van der Waals surface area contributed by atoms with Crippen LogP contribution in [0.1, 0.15) is 100 Å². The molecule has 50 heavy (non-hydrogen) atoms. The highest BCUT2D eigenvalue weighted by Crippen LogP contribution is 2.65. The van der Waals surface area contributed by atoms with Crippen LogP contribution in [0.25, 0.3) is 10.6 Å². The molecule has 4 aliphatic rings. The first-order valence-electron chi connectivity index (χ1n) is 18.1. The van der Waals surface area contributed by atoms with Gasteiger partial charge in [0.05, 0.1) is 17.6 Å². The summed E-state index contributed by atoms with van der Waals surface area (Å²) in [4.78, 5) is 49.5. The Balaban J connectivity index is 1.18. The van der Waals surface area contributed by atoms with Crippen LogP contribution < -0.4 is 16.0 Å². The van der Waals surface area contributed by atoms with E-state index in [0.29, 0.717) is 28.8 Å². The minimum Gasteiger partial charge on any atom is -0.404 e. The molecule has 3 aliphatic carbocycles. The van der Waals surface area contributed by atoms with Gasteiger partial charge in [0.25, 0.3) is 11.8 Å². The SMILES string of the molecule is CCCCc1ccc(C(=O)N[C@@H](CNC(=O)c2csc(-c3ccncc3)n2)C(=O)N[C@@H](CC(C)C)B2O[C@@H]3C[C@@H]4C[C@@H](C4(C)C)[C@]3(C)O2)cc1. The molecule has 1 saturated heterocycles. The molecule has 3 heterocycles. The normalized spacial score (nSPS) is 24.5. The van der Waals surface area contributed by atoms with Gasteiger partial charge in [-0.05, 0) is 92.0 Å². The lowest BCUT2D eigenvalue weighted by atomic mass is 9.43. The van der Waals surface area contributed by atoms with Crippen molar-refractivity contribution in [2.24, 2.45) is 23.2 Å². The van der Waals surface area contributed by atoms with Gasteiger partial charge in [-0.2, -0.15) is 0 Å². The molecule has 3 N–H and O–H groups in total. The van der Waals surface area contributed by atoms with Gasteiger partial charge < -0.3 is 25.3 Å². The Kier molecular flexibility index (Phi) is 10.8. The number of hydrogen-bond donors (Lipinski definition) is 3. The number of amides is 3. The molecule has 3 saturated carbocycles. The summed E-state index contributed by atoms with van der Waals surface area (Å²) in [5.41, 5.74) is 2.46. The fourth-order valence-corrected chi connectivity index (χ4v) is 8.85. The van der Waals surface area contributed by atoms with Crippen LogP contribution in [-0.4, -0.2) is 65.0 Å². The Labute approximate surface area is 300 Å². The molecule has 7 rings (SSSR count). The molecular formula is C38H50BN5O5S. The van der Waals surface area contributed by atoms with E-state index in [4.69, 9.17) is 9.31 Å². The summed E-state index contributed by atoms with van der Waals surface area (Å²) in [6.07, 6.45) is 9.12. The Morgan fingerprint density at radius 3 is 2.44 bits per heavy atom. The smallest absolute Gasteiger partial charge is 0.404 e. The van der Waals surface area contributed by atoms with Crippen LogP contribution in [0.4, 0.5) is 0 Å². The summed E-state index contributed by atoms with van der Waals surface area (Å²) in [7, 11) is -0.616. The average Bonchev–Trinajstić information content (AvgIpc) is 3.74. The molecule has 266 valence electrons. The van der Waals surface area contributed by atoms with Crippen LogP contribution in [0.5, 0.6) is 0 Å². The second kappa shape index (κ2) is 14.9. The van der Waals surface area contributed by atoms with E-state index in [-0.39, 0.29) is 29.7 Å². The van der Waals surface area contributed by atoms with E-state index in [1.807, 2.05) is 24.3 Å². The van der Waals surface area contributed by atoms with Crippen molar-refractivity contribution in [1.29, 1.82) is 0 Å². The predicted molar refractivity (Wildman–Crippen MR) is 195 cm³/mol. The zero-order valence-corrected chi connectivity index (χ0v) is 30.8. The van der Waals surface area contributed by atoms with E-state index in [1.54, 1.807) is 29.9 Å². The summed E-state index contributed by atoms with van der Waals surface area (Å²) in [5, 5.41) is 11.3. The molecule has 1 aromatic carbocycles. The number of nitrogens with zero attached hydrogens (tertiary/aromatic N) is 2. The number of hydrogen-bond acceptors (Lipinski definition) is 8. The van der Waals surface area contributed by atoms with Gasteiger partial charge in [-0.1, -0.05) is 53.2 Å². The largest absolute Gasteiger partial charge is 0.481 e. The molecule has 0 unspecified atom stereocenters. The number of aryl methyl sites for hydroxylation is 1. The van der Waals surface area contributed by atoms with Gasteiger partial charge in [-0.15, -0.1) is 11.3 Å². The molecule has 0 spiro atoms. The van der Waals surface area contributed by atoms with Crippen molar-refractivity contribution in [3.05, 3.63) is 71.0 Å². The van der Waals surface area contributed by atoms with Crippen molar-refractivity contribution < 1.29 is 23.7 Å². The summed E-state index contributed by atoms with van der Waals surface area (Å²) in [6, 6.07) is 10.0. The molecule has 3 aromatic rings. The number of thiazole rings is 1. The van der Waals surface area contributed by atoms with E-state index in [2.05, 4.69) is 67.5 Å². The van der Waals surface area contributed by atoms with Crippen LogP contribution in [-0.2, 0) is 20.5 Å². The van der Waals surface area contributed by atoms with E-state index in [1.165, 1.54) is 11.3 Å². The number of pyridine rings is 1. The van der Waals surface area contributed by atoms with Gasteiger partial charge >= 0.3 is 7.12 Å². The molecule has 2 bridgehead atoms. The maximum Gasteiger partial charge on any atom is 0.481 e. The Hall–Kier alpha value is -3.61. The molecule has 1 aliphatic heterocycles. The molecule has 2 aromatic heterocycles. The third kappa shape index (κ3) is 7.53. The molecule has 10 nitrogen and oxygen atoms in total. The fraction of sp³-hybridized carbons (Fsp3) is 0.553. The van der Waals surface area contributed by atoms with Crippen molar-refractivity contribution in [2.75, 3.05) is 6.54 Å². The van der Waals surface area contributed by atoms with E-state index >= 15 is 0 Å². The number of aromatic nitrogens is 2. The van der Waals surface area contributed by atoms with Crippen LogP contribution in [0, 0.1) is 23.2 Å². The third-order valence-electron chi connectivity index (χ3n) is 11.1. The lowest BCUT2D eigenvalue weighted by Gasteiger charge is -2.64. The van der Waals surface area contributed by atoms with Crippen LogP contribution >= 0.6 is 11.3 Å². The highest BCUT2D eigenvalue weighted by atomic mass is 32.1. The maximum atomic E-state index is 14.1. The number of carbonyl (C=O) groups is 3. The Morgan fingerprint density at radius 1 is 1.02 bits per heavy atom. The minimum atomic E-state index is -1.06. The van der Waals surface area contributed by atoms with Gasteiger partial charge in [0, 0.05) is 35.4 Å². The first-order chi connectivity index (χ1) is 23.9. The Bertz CT molecular complexity index is 1670. The first-order valence-corrected chi connectivity index (χ1v) is 18.9. The molecule has 6 atom stereocenters. The summed E-state index contributed by atoms with van der Waals surface area (Å²) < 4.78 is 13.3. The summed E-state index contributed by atoms with van der Waals surface area (Å²) in [6.45, 7) is 13.0. The average molecular weight is 700 g/mol. The fourth-order valence-electron chi connectivity index (χ4n) is 8.05. The molecule has 12 heteroatoms. The lowest BCUT2D eigenvalue weighted by molar-refractivity contribution is -0.199. The second-order valence-corrected chi connectivity index (χ2v) is 16.3. The van der Waals surface area contributed by atoms with Crippen molar-refractivity contribution >= 4 is 36.2 Å². The highest BCUT2D eigenvalue weighted by molar-refractivity contribution is 7.13. The van der Waals surface area contributed by atoms with Crippen molar-refractivity contribution in [1.82, 2.24) is 25.9 Å². The first kappa shape index (κ1) is 36.2. The standard InChI is InChI=1S/C38H50BN5O5S/c1-7-8-9-24-10-12-25(13-11-24)33(45)42-28(21-41-34(46)29-22-50-36(43-29)26-14-16-40-17-15-26)35(47)44-32(18-23(2)3)39-48-31-20-27-19-30(37(27,4)5)38(31,6)49-39/h10-17,22-23,27-28,30-32H,7-9,18-21H2,1-6H3,(H,41,46)(H,42,45)(H,44,47)/t27-,28-,30-,31+,32-,38-/m0/s1. The van der Waals surface area contributed by atoms with E-state index in [9.17, 15) is 14.4 Å². The van der Waals surface area contributed by atoms with Crippen LogP contribution in [0.3, 0.4) is 0 Å². The molecule has 4 fully saturated rings. The van der Waals surface area contributed by atoms with Crippen molar-refractivity contribution in [3.8, 4) is 10.6 Å². The lowest BCUT2D eigenvalue weighted by Crippen LogP contribution is -2.65. The van der Waals surface area contributed by atoms with Gasteiger partial charge in [0.2, 0.25) is 5.91 Å². The van der Waals surface area contributed by atoms with Crippen LogP contribution in [0.15, 0.2) is 54.2 Å². The predicted octanol–water partition coefficient (Wildman–Crippen LogP) is 5.87. The molecular weight excluding hydrogens is 649 g/mol. The Morgan fingerprint density at radius 2 is 1.76 bits per heavy atom. The summed E-state index contributed by atoms with van der Waals surface area (Å²) >= 11 is 1.35. The number of nitrogens with one attached hydrogen (secondary N) is 3. The topological polar surface area (TPSA) is 132 Å². The van der Waals surface area contributed by atoms with Gasteiger partial charge in [0.15, 0.2) is 0 Å². The minimum absolute atomic E-state index is 0.0268. The molecule has 3 amide bonds. The monoisotopic (exact) mass is 699 g/mol. The van der Waals surface area contributed by atoms with Crippen molar-refractivity contribution in [2.45, 2.75) is 104 Å². The van der Waals surface area contributed by atoms with Gasteiger partial charge in [0.1, 0.15) is 16.7 Å². The van der Waals surface area contributed by atoms with E-state index in [0.717, 1.165) is 43.2 Å². The van der Waals surface area contributed by atoms with Crippen molar-refractivity contribution in [3.63, 3.8) is 0 Å². The van der Waals surface area contributed by atoms with Gasteiger partial charge in [-0.25, -0.2) is 4.98 Å². The maximum absolute atomic E-state index is 14.1. The van der Waals surface area contributed by atoms with Gasteiger partial charge in [-0.3, -0.25) is 19.4 Å². The highest BCUT2D eigenvalue weighted by Gasteiger charge is 2.68. The number of rotatable bonds is 14. The number of benzene rings is 1. The summed E-state index contributed by atoms with van der Waals surface area (Å²) in [5.74, 6) is -0.464. The second-order valence-electron chi connectivity index (χ2n) is 15.4. The number of carbonyl (C=O) groups excluding carboxylic acids is 3. The zero-order valence-electron chi connectivity index (χ0n) is 30.0. The number of unbranched alkanes of at least 4 members (excludes halogenated alkanes) is 1. The quantitative estimate of drug-likeness (QED) is 0.179. The zero-order chi connectivity index (χ0) is 35.6.